The predicted octanol–water partition coefficient (Wildman–Crippen LogP) is 12.4. The van der Waals surface area contributed by atoms with Gasteiger partial charge in [0.2, 0.25) is 0 Å². The first-order valence-corrected chi connectivity index (χ1v) is 18.6. The van der Waals surface area contributed by atoms with Crippen molar-refractivity contribution in [3.05, 3.63) is 206 Å². The Labute approximate surface area is 312 Å². The summed E-state index contributed by atoms with van der Waals surface area (Å²) in [6.45, 7) is 6.74. The number of hydrogen-bond donors (Lipinski definition) is 0. The number of nitrogens with zero attached hydrogens (tertiary/aromatic N) is 1. The standard InChI is InChI=1S/C48H36INO/c1-30-24-25-32(28-39(30)45(31-14-5-4-6-15-31)37-19-8-7-16-34(37)35-17-9-11-22-42(35)49)47(51)33-26-27-44-41(29-33)48(2,3)40-21-13-20-38-36-18-10-12-23-43(36)50(44)46(38)40/h4-29,45H,1-3H3. The van der Waals surface area contributed by atoms with Gasteiger partial charge in [-0.05, 0) is 110 Å². The number of rotatable bonds is 6. The predicted molar refractivity (Wildman–Crippen MR) is 220 cm³/mol. The van der Waals surface area contributed by atoms with Crippen LogP contribution in [0.15, 0.2) is 158 Å². The Morgan fingerprint density at radius 2 is 1.27 bits per heavy atom. The molecule has 1 unspecified atom stereocenters. The van der Waals surface area contributed by atoms with Gasteiger partial charge in [0.15, 0.2) is 5.78 Å². The zero-order chi connectivity index (χ0) is 34.9. The van der Waals surface area contributed by atoms with Gasteiger partial charge in [0.25, 0.3) is 0 Å². The highest BCUT2D eigenvalue weighted by atomic mass is 127. The van der Waals surface area contributed by atoms with E-state index in [4.69, 9.17) is 0 Å². The summed E-state index contributed by atoms with van der Waals surface area (Å²) in [5.74, 6) is -0.0246. The monoisotopic (exact) mass is 769 g/mol. The van der Waals surface area contributed by atoms with E-state index in [-0.39, 0.29) is 17.1 Å². The first-order chi connectivity index (χ1) is 24.8. The van der Waals surface area contributed by atoms with Crippen LogP contribution < -0.4 is 0 Å². The maximum atomic E-state index is 14.6. The summed E-state index contributed by atoms with van der Waals surface area (Å²) < 4.78 is 3.61. The van der Waals surface area contributed by atoms with Gasteiger partial charge in [-0.3, -0.25) is 4.79 Å². The molecule has 0 saturated heterocycles. The third-order valence-corrected chi connectivity index (χ3v) is 11.9. The van der Waals surface area contributed by atoms with Crippen LogP contribution in [0.1, 0.15) is 69.1 Å². The first-order valence-electron chi connectivity index (χ1n) is 17.5. The number of aromatic nitrogens is 1. The lowest BCUT2D eigenvalue weighted by Crippen LogP contribution is -2.26. The van der Waals surface area contributed by atoms with Crippen LogP contribution in [0.5, 0.6) is 0 Å². The Hall–Kier alpha value is -5.26. The molecule has 0 aliphatic carbocycles. The second-order valence-corrected chi connectivity index (χ2v) is 15.4. The van der Waals surface area contributed by atoms with E-state index in [1.54, 1.807) is 0 Å². The fourth-order valence-corrected chi connectivity index (χ4v) is 9.07. The largest absolute Gasteiger partial charge is 0.309 e. The van der Waals surface area contributed by atoms with E-state index in [2.05, 4.69) is 194 Å². The maximum Gasteiger partial charge on any atom is 0.193 e. The van der Waals surface area contributed by atoms with Crippen LogP contribution in [0, 0.1) is 10.5 Å². The number of carbonyl (C=O) groups excluding carboxylic acids is 1. The Balaban J connectivity index is 1.19. The molecule has 1 aliphatic heterocycles. The van der Waals surface area contributed by atoms with Gasteiger partial charge in [0.05, 0.1) is 16.7 Å². The first kappa shape index (κ1) is 31.7. The second kappa shape index (κ2) is 12.2. The van der Waals surface area contributed by atoms with Gasteiger partial charge in [0, 0.05) is 36.8 Å². The van der Waals surface area contributed by atoms with Crippen molar-refractivity contribution in [2.75, 3.05) is 0 Å². The number of carbonyl (C=O) groups is 1. The van der Waals surface area contributed by atoms with Gasteiger partial charge >= 0.3 is 0 Å². The molecule has 0 saturated carbocycles. The lowest BCUT2D eigenvalue weighted by Gasteiger charge is -2.35. The maximum absolute atomic E-state index is 14.6. The van der Waals surface area contributed by atoms with E-state index in [9.17, 15) is 4.79 Å². The molecule has 1 atom stereocenters. The number of halogens is 1. The highest BCUT2D eigenvalue weighted by Crippen LogP contribution is 2.48. The van der Waals surface area contributed by atoms with Crippen LogP contribution in [0.25, 0.3) is 38.6 Å². The fourth-order valence-electron chi connectivity index (χ4n) is 8.40. The van der Waals surface area contributed by atoms with Crippen molar-refractivity contribution in [1.29, 1.82) is 0 Å². The minimum absolute atomic E-state index is 0.0360. The van der Waals surface area contributed by atoms with Crippen molar-refractivity contribution >= 4 is 50.2 Å². The molecule has 1 aromatic heterocycles. The average molecular weight is 770 g/mol. The molecule has 0 amide bonds. The molecule has 1 aliphatic rings. The Morgan fingerprint density at radius 1 is 0.608 bits per heavy atom. The molecule has 0 N–H and O–H groups in total. The van der Waals surface area contributed by atoms with Gasteiger partial charge < -0.3 is 4.57 Å². The number of benzene rings is 7. The molecule has 0 bridgehead atoms. The molecule has 9 rings (SSSR count). The van der Waals surface area contributed by atoms with Crippen molar-refractivity contribution in [3.63, 3.8) is 0 Å². The highest BCUT2D eigenvalue weighted by molar-refractivity contribution is 14.1. The summed E-state index contributed by atoms with van der Waals surface area (Å²) in [5.41, 5.74) is 14.3. The summed E-state index contributed by atoms with van der Waals surface area (Å²) in [4.78, 5) is 14.6. The van der Waals surface area contributed by atoms with Gasteiger partial charge in [0.1, 0.15) is 0 Å². The molecule has 0 spiro atoms. The zero-order valence-corrected chi connectivity index (χ0v) is 31.0. The average Bonchev–Trinajstić information content (AvgIpc) is 3.50. The van der Waals surface area contributed by atoms with Crippen molar-refractivity contribution in [2.45, 2.75) is 32.1 Å². The van der Waals surface area contributed by atoms with Gasteiger partial charge in [-0.2, -0.15) is 0 Å². The molecular formula is C48H36INO. The number of aryl methyl sites for hydroxylation is 1. The molecule has 51 heavy (non-hydrogen) atoms. The second-order valence-electron chi connectivity index (χ2n) is 14.2. The van der Waals surface area contributed by atoms with Crippen molar-refractivity contribution in [1.82, 2.24) is 4.57 Å². The normalized spacial score (nSPS) is 13.6. The van der Waals surface area contributed by atoms with E-state index < -0.39 is 0 Å². The van der Waals surface area contributed by atoms with Crippen LogP contribution in [0.3, 0.4) is 0 Å². The van der Waals surface area contributed by atoms with Crippen LogP contribution in [0.2, 0.25) is 0 Å². The summed E-state index contributed by atoms with van der Waals surface area (Å²) >= 11 is 2.44. The SMILES string of the molecule is Cc1ccc(C(=O)c2ccc3c(c2)C(C)(C)c2cccc4c5ccccc5n-3c24)cc1C(c1ccccc1)c1ccccc1-c1ccccc1I. The number of para-hydroxylation sites is 2. The van der Waals surface area contributed by atoms with Gasteiger partial charge in [-0.15, -0.1) is 0 Å². The summed E-state index contributed by atoms with van der Waals surface area (Å²) in [7, 11) is 0. The van der Waals surface area contributed by atoms with Gasteiger partial charge in [-0.1, -0.05) is 135 Å². The molecule has 246 valence electrons. The third kappa shape index (κ3) is 5.01. The van der Waals surface area contributed by atoms with E-state index in [0.717, 1.165) is 22.4 Å². The Kier molecular flexibility index (Phi) is 7.59. The van der Waals surface area contributed by atoms with Gasteiger partial charge in [-0.25, -0.2) is 0 Å². The van der Waals surface area contributed by atoms with Crippen molar-refractivity contribution < 1.29 is 4.79 Å². The quantitative estimate of drug-likeness (QED) is 0.0938. The smallest absolute Gasteiger partial charge is 0.193 e. The molecular weight excluding hydrogens is 733 g/mol. The molecule has 3 heteroatoms. The van der Waals surface area contributed by atoms with Crippen molar-refractivity contribution in [2.24, 2.45) is 0 Å². The molecule has 2 nitrogen and oxygen atoms in total. The molecule has 0 radical (unpaired) electrons. The van der Waals surface area contributed by atoms with E-state index in [1.807, 2.05) is 12.1 Å². The zero-order valence-electron chi connectivity index (χ0n) is 28.8. The van der Waals surface area contributed by atoms with Crippen LogP contribution >= 0.6 is 22.6 Å². The highest BCUT2D eigenvalue weighted by Gasteiger charge is 2.35. The molecule has 2 heterocycles. The molecule has 0 fully saturated rings. The van der Waals surface area contributed by atoms with E-state index in [1.165, 1.54) is 53.2 Å². The van der Waals surface area contributed by atoms with Crippen molar-refractivity contribution in [3.8, 4) is 16.8 Å². The van der Waals surface area contributed by atoms with Crippen LogP contribution in [-0.2, 0) is 5.41 Å². The molecule has 8 aromatic rings. The fraction of sp³-hybridized carbons (Fsp3) is 0.104. The lowest BCUT2D eigenvalue weighted by molar-refractivity contribution is 0.103. The minimum atomic E-state index is -0.287. The Morgan fingerprint density at radius 3 is 2.10 bits per heavy atom. The third-order valence-electron chi connectivity index (χ3n) is 11.0. The summed E-state index contributed by atoms with van der Waals surface area (Å²) in [6.07, 6.45) is 0. The number of fused-ring (bicyclic) bond motifs is 5. The summed E-state index contributed by atoms with van der Waals surface area (Å²) in [5, 5.41) is 2.52. The van der Waals surface area contributed by atoms with Crippen LogP contribution in [-0.4, -0.2) is 10.4 Å². The number of ketones is 1. The van der Waals surface area contributed by atoms with Crippen LogP contribution in [0.4, 0.5) is 0 Å². The molecule has 7 aromatic carbocycles. The van der Waals surface area contributed by atoms with E-state index >= 15 is 0 Å². The minimum Gasteiger partial charge on any atom is -0.309 e. The Bertz CT molecular complexity index is 2660. The lowest BCUT2D eigenvalue weighted by atomic mass is 9.74. The number of hydrogen-bond acceptors (Lipinski definition) is 1. The summed E-state index contributed by atoms with van der Waals surface area (Å²) in [6, 6.07) is 55.8. The topological polar surface area (TPSA) is 22.0 Å². The van der Waals surface area contributed by atoms with E-state index in [0.29, 0.717) is 11.1 Å².